The third-order valence-electron chi connectivity index (χ3n) is 1.63. The number of carbonyl (C=O) groups excluding carboxylic acids is 1. The van der Waals surface area contributed by atoms with Crippen LogP contribution in [0.1, 0.15) is 19.8 Å². The number of rotatable bonds is 0. The summed E-state index contributed by atoms with van der Waals surface area (Å²) in [6.45, 7) is 3.48. The zero-order chi connectivity index (χ0) is 12.8. The van der Waals surface area contributed by atoms with E-state index < -0.39 is 0 Å². The van der Waals surface area contributed by atoms with Gasteiger partial charge in [0.25, 0.3) is 5.91 Å². The third-order valence-corrected chi connectivity index (χ3v) is 1.63. The van der Waals surface area contributed by atoms with Crippen LogP contribution in [0.2, 0.25) is 0 Å². The van der Waals surface area contributed by atoms with Crippen molar-refractivity contribution >= 4 is 5.91 Å². The molecule has 0 atom stereocenters. The Morgan fingerprint density at radius 2 is 1.44 bits per heavy atom. The first-order valence-electron chi connectivity index (χ1n) is 5.19. The van der Waals surface area contributed by atoms with E-state index in [1.54, 1.807) is 40.3 Å². The quantitative estimate of drug-likeness (QED) is 0.585. The lowest BCUT2D eigenvalue weighted by Crippen LogP contribution is -2.25. The molecule has 4 nitrogen and oxygen atoms in total. The van der Waals surface area contributed by atoms with Crippen molar-refractivity contribution in [2.75, 3.05) is 41.5 Å². The van der Waals surface area contributed by atoms with Gasteiger partial charge in [0.2, 0.25) is 0 Å². The normalized spacial score (nSPS) is 12.4. The molecular formula is C12H23NO3. The zero-order valence-corrected chi connectivity index (χ0v) is 11.0. The summed E-state index contributed by atoms with van der Waals surface area (Å²) in [7, 11) is 6.50. The molecule has 0 aliphatic carbocycles. The molecule has 0 saturated carbocycles. The third kappa shape index (κ3) is 11.0. The number of nitrogens with zero attached hydrogens (tertiary/aromatic N) is 1. The average molecular weight is 229 g/mol. The molecule has 1 amide bonds. The first kappa shape index (κ1) is 17.3. The van der Waals surface area contributed by atoms with Crippen LogP contribution in [0.15, 0.2) is 0 Å². The second-order valence-corrected chi connectivity index (χ2v) is 3.19. The van der Waals surface area contributed by atoms with Crippen LogP contribution in [-0.2, 0) is 14.3 Å². The molecule has 1 saturated heterocycles. The summed E-state index contributed by atoms with van der Waals surface area (Å²) in [5.74, 6) is 5.11. The van der Waals surface area contributed by atoms with E-state index in [0.717, 1.165) is 25.9 Å². The van der Waals surface area contributed by atoms with Crippen LogP contribution in [0.5, 0.6) is 0 Å². The first-order valence-corrected chi connectivity index (χ1v) is 5.19. The number of hydrogen-bond donors (Lipinski definition) is 0. The van der Waals surface area contributed by atoms with Crippen molar-refractivity contribution in [3.63, 3.8) is 0 Å². The molecule has 94 valence electrons. The Labute approximate surface area is 98.9 Å². The first-order chi connectivity index (χ1) is 7.67. The maximum atomic E-state index is 11.0. The van der Waals surface area contributed by atoms with Crippen LogP contribution in [0.25, 0.3) is 0 Å². The van der Waals surface area contributed by atoms with E-state index in [1.165, 1.54) is 0 Å². The van der Waals surface area contributed by atoms with Crippen molar-refractivity contribution in [2.45, 2.75) is 19.8 Å². The van der Waals surface area contributed by atoms with Crippen LogP contribution in [0.3, 0.4) is 0 Å². The lowest BCUT2D eigenvalue weighted by molar-refractivity contribution is -0.124. The van der Waals surface area contributed by atoms with E-state index in [-0.39, 0.29) is 5.91 Å². The summed E-state index contributed by atoms with van der Waals surface area (Å²) in [6.07, 6.45) is 2.27. The number of carbonyl (C=O) groups is 1. The van der Waals surface area contributed by atoms with Gasteiger partial charge in [-0.05, 0) is 25.7 Å². The largest absolute Gasteiger partial charge is 0.388 e. The van der Waals surface area contributed by atoms with Gasteiger partial charge < -0.3 is 14.4 Å². The molecule has 1 heterocycles. The molecule has 16 heavy (non-hydrogen) atoms. The minimum atomic E-state index is -0.0139. The molecule has 0 N–H and O–H groups in total. The lowest BCUT2D eigenvalue weighted by Gasteiger charge is -2.09. The fraction of sp³-hybridized carbons (Fsp3) is 0.750. The van der Waals surface area contributed by atoms with Gasteiger partial charge in [0.15, 0.2) is 0 Å². The Kier molecular flexibility index (Phi) is 15.1. The van der Waals surface area contributed by atoms with Crippen LogP contribution < -0.4 is 0 Å². The van der Waals surface area contributed by atoms with E-state index in [0.29, 0.717) is 0 Å². The van der Waals surface area contributed by atoms with Crippen LogP contribution in [-0.4, -0.2) is 52.3 Å². The Balaban J connectivity index is 0. The number of likely N-dealkylation sites (tertiary alicyclic amines) is 1. The molecule has 1 aliphatic rings. The highest BCUT2D eigenvalue weighted by Gasteiger charge is 2.14. The number of hydrogen-bond acceptors (Lipinski definition) is 3. The highest BCUT2D eigenvalue weighted by Crippen LogP contribution is 2.06. The molecule has 0 aromatic rings. The summed E-state index contributed by atoms with van der Waals surface area (Å²) in [5, 5.41) is 0. The summed E-state index contributed by atoms with van der Waals surface area (Å²) in [5.41, 5.74) is 0. The monoisotopic (exact) mass is 229 g/mol. The fourth-order valence-electron chi connectivity index (χ4n) is 1.11. The maximum absolute atomic E-state index is 11.0. The van der Waals surface area contributed by atoms with Gasteiger partial charge in [-0.15, -0.1) is 0 Å². The standard InChI is InChI=1S/C8H11NO.2C2H6O/c1-2-5-8(10)9-6-3-4-7-9;2*1-3-2/h3-4,6-7H2,1H3;2*1-2H3. The molecule has 0 bridgehead atoms. The SMILES string of the molecule is CC#CC(=O)N1CCCC1.COC.COC. The Morgan fingerprint density at radius 1 is 1.06 bits per heavy atom. The van der Waals surface area contributed by atoms with Gasteiger partial charge in [-0.2, -0.15) is 0 Å². The van der Waals surface area contributed by atoms with E-state index >= 15 is 0 Å². The van der Waals surface area contributed by atoms with Crippen molar-refractivity contribution in [1.82, 2.24) is 4.90 Å². The van der Waals surface area contributed by atoms with Crippen LogP contribution in [0, 0.1) is 11.8 Å². The topological polar surface area (TPSA) is 38.8 Å². The minimum Gasteiger partial charge on any atom is -0.388 e. The summed E-state index contributed by atoms with van der Waals surface area (Å²) >= 11 is 0. The van der Waals surface area contributed by atoms with Gasteiger partial charge in [-0.3, -0.25) is 4.79 Å². The predicted octanol–water partition coefficient (Wildman–Crippen LogP) is 1.16. The van der Waals surface area contributed by atoms with Gasteiger partial charge in [-0.25, -0.2) is 0 Å². The molecule has 1 rings (SSSR count). The summed E-state index contributed by atoms with van der Waals surface area (Å²) in [4.78, 5) is 12.8. The lowest BCUT2D eigenvalue weighted by atomic mass is 10.4. The second-order valence-electron chi connectivity index (χ2n) is 3.19. The molecule has 1 fully saturated rings. The van der Waals surface area contributed by atoms with Crippen molar-refractivity contribution < 1.29 is 14.3 Å². The van der Waals surface area contributed by atoms with Gasteiger partial charge in [0.05, 0.1) is 0 Å². The molecule has 0 aromatic heterocycles. The van der Waals surface area contributed by atoms with E-state index in [1.807, 2.05) is 0 Å². The molecule has 1 aliphatic heterocycles. The van der Waals surface area contributed by atoms with E-state index in [9.17, 15) is 4.79 Å². The van der Waals surface area contributed by atoms with Crippen molar-refractivity contribution in [3.05, 3.63) is 0 Å². The Hall–Kier alpha value is -1.05. The van der Waals surface area contributed by atoms with Crippen LogP contribution >= 0.6 is 0 Å². The molecule has 0 aromatic carbocycles. The smallest absolute Gasteiger partial charge is 0.298 e. The molecule has 0 unspecified atom stereocenters. The van der Waals surface area contributed by atoms with Gasteiger partial charge in [-0.1, -0.05) is 5.92 Å². The van der Waals surface area contributed by atoms with Crippen molar-refractivity contribution in [3.8, 4) is 11.8 Å². The molecule has 0 spiro atoms. The molecular weight excluding hydrogens is 206 g/mol. The second kappa shape index (κ2) is 13.9. The van der Waals surface area contributed by atoms with Gasteiger partial charge >= 0.3 is 0 Å². The van der Waals surface area contributed by atoms with E-state index in [4.69, 9.17) is 0 Å². The van der Waals surface area contributed by atoms with Gasteiger partial charge in [0, 0.05) is 41.5 Å². The Morgan fingerprint density at radius 3 is 1.75 bits per heavy atom. The zero-order valence-electron chi connectivity index (χ0n) is 11.0. The number of ether oxygens (including phenoxy) is 2. The summed E-state index contributed by atoms with van der Waals surface area (Å²) in [6, 6.07) is 0. The summed E-state index contributed by atoms with van der Waals surface area (Å²) < 4.78 is 8.50. The maximum Gasteiger partial charge on any atom is 0.298 e. The number of amides is 1. The highest BCUT2D eigenvalue weighted by atomic mass is 16.5. The Bertz CT molecular complexity index is 210. The average Bonchev–Trinajstić information content (AvgIpc) is 2.73. The number of methoxy groups -OCH3 is 2. The van der Waals surface area contributed by atoms with Crippen molar-refractivity contribution in [2.24, 2.45) is 0 Å². The molecule has 0 radical (unpaired) electrons. The highest BCUT2D eigenvalue weighted by molar-refractivity contribution is 5.93. The van der Waals surface area contributed by atoms with Crippen molar-refractivity contribution in [1.29, 1.82) is 0 Å². The predicted molar refractivity (Wildman–Crippen MR) is 65.1 cm³/mol. The molecule has 4 heteroatoms. The van der Waals surface area contributed by atoms with Crippen LogP contribution in [0.4, 0.5) is 0 Å². The fourth-order valence-corrected chi connectivity index (χ4v) is 1.11. The minimum absolute atomic E-state index is 0.0139. The van der Waals surface area contributed by atoms with Gasteiger partial charge in [0.1, 0.15) is 0 Å². The van der Waals surface area contributed by atoms with E-state index in [2.05, 4.69) is 21.3 Å².